The number of rotatable bonds is 1. The molecule has 1 heterocycles. The Kier molecular flexibility index (Phi) is 1.89. The van der Waals surface area contributed by atoms with E-state index in [-0.39, 0.29) is 22.4 Å². The van der Waals surface area contributed by atoms with Gasteiger partial charge >= 0.3 is 11.3 Å². The third-order valence-corrected chi connectivity index (χ3v) is 1.92. The molecule has 0 radical (unpaired) electrons. The van der Waals surface area contributed by atoms with E-state index in [1.807, 2.05) is 0 Å². The minimum Gasteiger partial charge on any atom is -0.507 e. The zero-order chi connectivity index (χ0) is 11.0. The maximum Gasteiger partial charge on any atom is 0.340 e. The highest BCUT2D eigenvalue weighted by molar-refractivity contribution is 5.89. The summed E-state index contributed by atoms with van der Waals surface area (Å²) in [6.45, 7) is 0. The average molecular weight is 207 g/mol. The molecule has 0 saturated carbocycles. The molecule has 6 heteroatoms. The molecule has 6 nitrogen and oxygen atoms in total. The number of hydrogen-bond donors (Lipinski definition) is 1. The molecule has 2 rings (SSSR count). The maximum absolute atomic E-state index is 10.9. The van der Waals surface area contributed by atoms with Crippen LogP contribution in [0.4, 0.5) is 5.69 Å². The zero-order valence-electron chi connectivity index (χ0n) is 7.34. The summed E-state index contributed by atoms with van der Waals surface area (Å²) in [5.74, 6) is -0.329. The van der Waals surface area contributed by atoms with Crippen molar-refractivity contribution >= 4 is 16.7 Å². The normalized spacial score (nSPS) is 10.4. The average Bonchev–Trinajstić information content (AvgIpc) is 2.16. The van der Waals surface area contributed by atoms with E-state index in [1.165, 1.54) is 18.2 Å². The van der Waals surface area contributed by atoms with E-state index in [4.69, 9.17) is 0 Å². The van der Waals surface area contributed by atoms with Gasteiger partial charge in [0, 0.05) is 6.07 Å². The van der Waals surface area contributed by atoms with E-state index in [1.54, 1.807) is 0 Å². The molecule has 1 aromatic heterocycles. The minimum atomic E-state index is -0.825. The number of hydrogen-bond acceptors (Lipinski definition) is 5. The van der Waals surface area contributed by atoms with Crippen LogP contribution >= 0.6 is 0 Å². The number of nitro groups is 1. The molecule has 0 aliphatic carbocycles. The van der Waals surface area contributed by atoms with Gasteiger partial charge in [0.1, 0.15) is 5.75 Å². The van der Waals surface area contributed by atoms with Crippen LogP contribution in [0.2, 0.25) is 0 Å². The first kappa shape index (κ1) is 9.20. The molecule has 0 saturated heterocycles. The number of nitro benzene ring substituents is 1. The lowest BCUT2D eigenvalue weighted by Crippen LogP contribution is -1.98. The topological polar surface area (TPSA) is 93.6 Å². The van der Waals surface area contributed by atoms with Gasteiger partial charge in [-0.3, -0.25) is 10.1 Å². The molecule has 0 bridgehead atoms. The van der Waals surface area contributed by atoms with Crippen LogP contribution in [0.3, 0.4) is 0 Å². The van der Waals surface area contributed by atoms with Gasteiger partial charge in [-0.1, -0.05) is 6.07 Å². The smallest absolute Gasteiger partial charge is 0.340 e. The SMILES string of the molecule is O=c1cc(O)c2cccc([N+](=O)[O-])c2o1. The molecule has 0 spiro atoms. The Morgan fingerprint density at radius 1 is 1.40 bits per heavy atom. The van der Waals surface area contributed by atoms with E-state index in [9.17, 15) is 20.0 Å². The van der Waals surface area contributed by atoms with E-state index in [2.05, 4.69) is 4.42 Å². The van der Waals surface area contributed by atoms with Gasteiger partial charge in [0.15, 0.2) is 0 Å². The summed E-state index contributed by atoms with van der Waals surface area (Å²) < 4.78 is 4.68. The highest BCUT2D eigenvalue weighted by atomic mass is 16.6. The van der Waals surface area contributed by atoms with Gasteiger partial charge in [0.05, 0.1) is 16.4 Å². The van der Waals surface area contributed by atoms with E-state index >= 15 is 0 Å². The molecule has 0 aliphatic heterocycles. The standard InChI is InChI=1S/C9H5NO5/c11-7-4-8(12)15-9-5(7)2-1-3-6(9)10(13)14/h1-4,11H. The molecule has 0 atom stereocenters. The number of benzene rings is 1. The summed E-state index contributed by atoms with van der Waals surface area (Å²) in [6, 6.07) is 4.90. The fraction of sp³-hybridized carbons (Fsp3) is 0. The Morgan fingerprint density at radius 3 is 2.80 bits per heavy atom. The Bertz CT molecular complexity index is 601. The third kappa shape index (κ3) is 1.41. The molecular formula is C9H5NO5. The Balaban J connectivity index is 2.97. The second-order valence-corrected chi connectivity index (χ2v) is 2.86. The number of para-hydroxylation sites is 1. The molecule has 76 valence electrons. The van der Waals surface area contributed by atoms with Gasteiger partial charge in [0.2, 0.25) is 5.58 Å². The largest absolute Gasteiger partial charge is 0.507 e. The van der Waals surface area contributed by atoms with Crippen molar-refractivity contribution in [2.24, 2.45) is 0 Å². The monoisotopic (exact) mass is 207 g/mol. The highest BCUT2D eigenvalue weighted by Gasteiger charge is 2.16. The van der Waals surface area contributed by atoms with Crippen molar-refractivity contribution in [1.82, 2.24) is 0 Å². The fourth-order valence-electron chi connectivity index (χ4n) is 1.30. The number of non-ortho nitro benzene ring substituents is 1. The summed E-state index contributed by atoms with van der Waals surface area (Å²) in [6.07, 6.45) is 0. The highest BCUT2D eigenvalue weighted by Crippen LogP contribution is 2.29. The first-order chi connectivity index (χ1) is 7.09. The molecular weight excluding hydrogens is 202 g/mol. The first-order valence-corrected chi connectivity index (χ1v) is 4.00. The fourth-order valence-corrected chi connectivity index (χ4v) is 1.30. The molecule has 0 aliphatic rings. The summed E-state index contributed by atoms with van der Waals surface area (Å²) in [5, 5.41) is 20.1. The molecule has 0 amide bonds. The Morgan fingerprint density at radius 2 is 2.13 bits per heavy atom. The van der Waals surface area contributed by atoms with Gasteiger partial charge in [0.25, 0.3) is 0 Å². The van der Waals surface area contributed by atoms with Crippen LogP contribution < -0.4 is 5.63 Å². The second kappa shape index (κ2) is 3.09. The van der Waals surface area contributed by atoms with Crippen molar-refractivity contribution in [2.75, 3.05) is 0 Å². The van der Waals surface area contributed by atoms with E-state index in [0.29, 0.717) is 0 Å². The van der Waals surface area contributed by atoms with Crippen molar-refractivity contribution < 1.29 is 14.4 Å². The predicted molar refractivity (Wildman–Crippen MR) is 50.8 cm³/mol. The van der Waals surface area contributed by atoms with E-state index < -0.39 is 10.5 Å². The Labute approximate surface area is 82.5 Å². The lowest BCUT2D eigenvalue weighted by Gasteiger charge is -1.98. The molecule has 0 unspecified atom stereocenters. The molecule has 1 N–H and O–H groups in total. The number of aromatic hydroxyl groups is 1. The van der Waals surface area contributed by atoms with E-state index in [0.717, 1.165) is 6.07 Å². The summed E-state index contributed by atoms with van der Waals surface area (Å²) in [7, 11) is 0. The van der Waals surface area contributed by atoms with Gasteiger partial charge in [-0.25, -0.2) is 4.79 Å². The second-order valence-electron chi connectivity index (χ2n) is 2.86. The summed E-state index contributed by atoms with van der Waals surface area (Å²) >= 11 is 0. The van der Waals surface area contributed by atoms with Crippen LogP contribution in [0.25, 0.3) is 11.0 Å². The van der Waals surface area contributed by atoms with Crippen LogP contribution in [0, 0.1) is 10.1 Å². The Hall–Kier alpha value is -2.37. The number of fused-ring (bicyclic) bond motifs is 1. The van der Waals surface area contributed by atoms with Crippen LogP contribution in [0.1, 0.15) is 0 Å². The predicted octanol–water partition coefficient (Wildman–Crippen LogP) is 1.41. The maximum atomic E-state index is 10.9. The zero-order valence-corrected chi connectivity index (χ0v) is 7.34. The van der Waals surface area contributed by atoms with Crippen LogP contribution in [0.15, 0.2) is 33.5 Å². The lowest BCUT2D eigenvalue weighted by atomic mass is 10.2. The van der Waals surface area contributed by atoms with Gasteiger partial charge < -0.3 is 9.52 Å². The molecule has 2 aromatic rings. The summed E-state index contributed by atoms with van der Waals surface area (Å²) in [4.78, 5) is 20.9. The third-order valence-electron chi connectivity index (χ3n) is 1.92. The minimum absolute atomic E-state index is 0.142. The molecule has 0 fully saturated rings. The van der Waals surface area contributed by atoms with Crippen LogP contribution in [-0.2, 0) is 0 Å². The molecule has 15 heavy (non-hydrogen) atoms. The van der Waals surface area contributed by atoms with Crippen molar-refractivity contribution in [1.29, 1.82) is 0 Å². The van der Waals surface area contributed by atoms with Crippen LogP contribution in [-0.4, -0.2) is 10.0 Å². The molecule has 1 aromatic carbocycles. The number of nitrogens with zero attached hydrogens (tertiary/aromatic N) is 1. The van der Waals surface area contributed by atoms with Crippen molar-refractivity contribution in [3.05, 3.63) is 44.8 Å². The van der Waals surface area contributed by atoms with Crippen LogP contribution in [0.5, 0.6) is 5.75 Å². The quantitative estimate of drug-likeness (QED) is 0.433. The van der Waals surface area contributed by atoms with Gasteiger partial charge in [-0.2, -0.15) is 0 Å². The van der Waals surface area contributed by atoms with Crippen molar-refractivity contribution in [2.45, 2.75) is 0 Å². The van der Waals surface area contributed by atoms with Gasteiger partial charge in [-0.15, -0.1) is 0 Å². The van der Waals surface area contributed by atoms with Gasteiger partial charge in [-0.05, 0) is 6.07 Å². The first-order valence-electron chi connectivity index (χ1n) is 4.00. The van der Waals surface area contributed by atoms with Crippen molar-refractivity contribution in [3.63, 3.8) is 0 Å². The summed E-state index contributed by atoms with van der Waals surface area (Å²) in [5.41, 5.74) is -1.39. The van der Waals surface area contributed by atoms with Crippen molar-refractivity contribution in [3.8, 4) is 5.75 Å². The lowest BCUT2D eigenvalue weighted by molar-refractivity contribution is -0.383.